The number of aromatic nitrogens is 1. The van der Waals surface area contributed by atoms with Gasteiger partial charge in [-0.05, 0) is 53.4 Å². The van der Waals surface area contributed by atoms with Gasteiger partial charge in [0.2, 0.25) is 0 Å². The molecular formula is C15H14N2OS. The van der Waals surface area contributed by atoms with Gasteiger partial charge < -0.3 is 4.90 Å². The van der Waals surface area contributed by atoms with Crippen LogP contribution in [0.4, 0.5) is 5.69 Å². The van der Waals surface area contributed by atoms with E-state index in [0.717, 1.165) is 36.3 Å². The van der Waals surface area contributed by atoms with Crippen molar-refractivity contribution < 1.29 is 4.79 Å². The highest BCUT2D eigenvalue weighted by Gasteiger charge is 2.21. The lowest BCUT2D eigenvalue weighted by Crippen LogP contribution is -2.34. The summed E-state index contributed by atoms with van der Waals surface area (Å²) >= 11 is 1.63. The molecule has 0 aliphatic carbocycles. The molecule has 4 heteroatoms. The number of amides is 1. The summed E-state index contributed by atoms with van der Waals surface area (Å²) in [6.07, 6.45) is 7.22. The lowest BCUT2D eigenvalue weighted by Gasteiger charge is -2.27. The first-order valence-corrected chi connectivity index (χ1v) is 7.24. The summed E-state index contributed by atoms with van der Waals surface area (Å²) in [4.78, 5) is 18.4. The molecule has 2 aromatic rings. The van der Waals surface area contributed by atoms with Gasteiger partial charge in [0.25, 0.3) is 5.91 Å². The van der Waals surface area contributed by atoms with Crippen molar-refractivity contribution in [3.8, 4) is 0 Å². The van der Waals surface area contributed by atoms with Crippen molar-refractivity contribution in [2.75, 3.05) is 11.4 Å². The smallest absolute Gasteiger partial charge is 0.251 e. The summed E-state index contributed by atoms with van der Waals surface area (Å²) < 4.78 is 0. The van der Waals surface area contributed by atoms with Crippen molar-refractivity contribution in [3.05, 3.63) is 52.5 Å². The molecule has 0 fully saturated rings. The molecule has 3 heterocycles. The third-order valence-corrected chi connectivity index (χ3v) is 3.88. The van der Waals surface area contributed by atoms with E-state index in [0.29, 0.717) is 0 Å². The van der Waals surface area contributed by atoms with Crippen LogP contribution in [0.25, 0.3) is 6.08 Å². The Bertz CT molecular complexity index is 604. The lowest BCUT2D eigenvalue weighted by atomic mass is 10.1. The average Bonchev–Trinajstić information content (AvgIpc) is 2.97. The van der Waals surface area contributed by atoms with E-state index in [2.05, 4.69) is 4.98 Å². The average molecular weight is 270 g/mol. The normalized spacial score (nSPS) is 14.6. The predicted octanol–water partition coefficient (Wildman–Crippen LogP) is 3.14. The standard InChI is InChI=1S/C15H14N2OS/c18-15(6-5-12-7-10-19-11-12)17-9-2-3-13-14(17)4-1-8-16-13/h1,4-8,10-11H,2-3,9H2/b6-5+. The first-order chi connectivity index (χ1) is 9.34. The van der Waals surface area contributed by atoms with Crippen molar-refractivity contribution in [2.45, 2.75) is 12.8 Å². The van der Waals surface area contributed by atoms with Crippen molar-refractivity contribution in [3.63, 3.8) is 0 Å². The van der Waals surface area contributed by atoms with E-state index < -0.39 is 0 Å². The Balaban J connectivity index is 1.81. The van der Waals surface area contributed by atoms with Crippen LogP contribution in [-0.4, -0.2) is 17.4 Å². The molecule has 1 aliphatic heterocycles. The number of carbonyl (C=O) groups excluding carboxylic acids is 1. The van der Waals surface area contributed by atoms with E-state index in [1.54, 1.807) is 23.6 Å². The van der Waals surface area contributed by atoms with E-state index in [4.69, 9.17) is 0 Å². The monoisotopic (exact) mass is 270 g/mol. The molecule has 3 rings (SSSR count). The molecule has 1 amide bonds. The van der Waals surface area contributed by atoms with E-state index in [9.17, 15) is 4.79 Å². The highest BCUT2D eigenvalue weighted by Crippen LogP contribution is 2.25. The zero-order valence-electron chi connectivity index (χ0n) is 10.5. The van der Waals surface area contributed by atoms with E-state index >= 15 is 0 Å². The second kappa shape index (κ2) is 5.36. The number of pyridine rings is 1. The van der Waals surface area contributed by atoms with Gasteiger partial charge in [0, 0.05) is 18.8 Å². The number of thiophene rings is 1. The van der Waals surface area contributed by atoms with Gasteiger partial charge in [-0.3, -0.25) is 9.78 Å². The van der Waals surface area contributed by atoms with Crippen molar-refractivity contribution in [1.29, 1.82) is 0 Å². The summed E-state index contributed by atoms with van der Waals surface area (Å²) in [6, 6.07) is 5.85. The van der Waals surface area contributed by atoms with Crippen LogP contribution >= 0.6 is 11.3 Å². The minimum absolute atomic E-state index is 0.0279. The number of rotatable bonds is 2. The van der Waals surface area contributed by atoms with E-state index in [1.165, 1.54) is 0 Å². The van der Waals surface area contributed by atoms with Crippen LogP contribution in [0.1, 0.15) is 17.7 Å². The van der Waals surface area contributed by atoms with Gasteiger partial charge in [0.1, 0.15) is 0 Å². The molecule has 0 aromatic carbocycles. The van der Waals surface area contributed by atoms with Gasteiger partial charge >= 0.3 is 0 Å². The molecule has 96 valence electrons. The molecule has 0 saturated carbocycles. The van der Waals surface area contributed by atoms with Gasteiger partial charge in [0.15, 0.2) is 0 Å². The van der Waals surface area contributed by atoms with Crippen LogP contribution in [0.5, 0.6) is 0 Å². The Labute approximate surface area is 116 Å². The Morgan fingerprint density at radius 3 is 3.21 bits per heavy atom. The minimum Gasteiger partial charge on any atom is -0.307 e. The van der Waals surface area contributed by atoms with Crippen LogP contribution in [0.15, 0.2) is 41.2 Å². The van der Waals surface area contributed by atoms with Crippen molar-refractivity contribution in [2.24, 2.45) is 0 Å². The van der Waals surface area contributed by atoms with Crippen LogP contribution < -0.4 is 4.90 Å². The van der Waals surface area contributed by atoms with Crippen LogP contribution in [-0.2, 0) is 11.2 Å². The SMILES string of the molecule is O=C(/C=C/c1ccsc1)N1CCCc2ncccc21. The van der Waals surface area contributed by atoms with Gasteiger partial charge in [-0.15, -0.1) is 0 Å². The number of aryl methyl sites for hydroxylation is 1. The number of hydrogen-bond donors (Lipinski definition) is 0. The molecular weight excluding hydrogens is 256 g/mol. The first-order valence-electron chi connectivity index (χ1n) is 6.30. The highest BCUT2D eigenvalue weighted by molar-refractivity contribution is 7.08. The number of carbonyl (C=O) groups is 1. The van der Waals surface area contributed by atoms with Crippen molar-refractivity contribution in [1.82, 2.24) is 4.98 Å². The predicted molar refractivity (Wildman–Crippen MR) is 78.3 cm³/mol. The van der Waals surface area contributed by atoms with Gasteiger partial charge in [0.05, 0.1) is 11.4 Å². The highest BCUT2D eigenvalue weighted by atomic mass is 32.1. The summed E-state index contributed by atoms with van der Waals surface area (Å²) in [6.45, 7) is 0.769. The zero-order chi connectivity index (χ0) is 13.1. The molecule has 3 nitrogen and oxygen atoms in total. The first kappa shape index (κ1) is 12.1. The van der Waals surface area contributed by atoms with Gasteiger partial charge in [-0.1, -0.05) is 0 Å². The molecule has 0 unspecified atom stereocenters. The maximum Gasteiger partial charge on any atom is 0.251 e. The van der Waals surface area contributed by atoms with Crippen molar-refractivity contribution >= 4 is 29.0 Å². The second-order valence-electron chi connectivity index (χ2n) is 4.45. The summed E-state index contributed by atoms with van der Waals surface area (Å²) in [7, 11) is 0. The Hall–Kier alpha value is -1.94. The Morgan fingerprint density at radius 1 is 1.42 bits per heavy atom. The van der Waals surface area contributed by atoms with E-state index in [1.807, 2.05) is 39.9 Å². The zero-order valence-corrected chi connectivity index (χ0v) is 11.3. The number of fused-ring (bicyclic) bond motifs is 1. The fraction of sp³-hybridized carbons (Fsp3) is 0.200. The van der Waals surface area contributed by atoms with Crippen LogP contribution in [0, 0.1) is 0 Å². The molecule has 0 N–H and O–H groups in total. The molecule has 0 bridgehead atoms. The third kappa shape index (κ3) is 2.58. The third-order valence-electron chi connectivity index (χ3n) is 3.18. The molecule has 0 saturated heterocycles. The van der Waals surface area contributed by atoms with Gasteiger partial charge in [-0.2, -0.15) is 11.3 Å². The summed E-state index contributed by atoms with van der Waals surface area (Å²) in [5.41, 5.74) is 3.04. The van der Waals surface area contributed by atoms with Crippen LogP contribution in [0.2, 0.25) is 0 Å². The largest absolute Gasteiger partial charge is 0.307 e. The molecule has 1 aliphatic rings. The summed E-state index contributed by atoms with van der Waals surface area (Å²) in [5.74, 6) is 0.0279. The fourth-order valence-corrected chi connectivity index (χ4v) is 2.88. The maximum atomic E-state index is 12.3. The number of nitrogens with zero attached hydrogens (tertiary/aromatic N) is 2. The topological polar surface area (TPSA) is 33.2 Å². The molecule has 0 atom stereocenters. The molecule has 0 radical (unpaired) electrons. The summed E-state index contributed by atoms with van der Waals surface area (Å²) in [5, 5.41) is 4.03. The second-order valence-corrected chi connectivity index (χ2v) is 5.23. The van der Waals surface area contributed by atoms with Gasteiger partial charge in [-0.25, -0.2) is 0 Å². The lowest BCUT2D eigenvalue weighted by molar-refractivity contribution is -0.114. The fourth-order valence-electron chi connectivity index (χ4n) is 2.25. The van der Waals surface area contributed by atoms with Crippen LogP contribution in [0.3, 0.4) is 0 Å². The molecule has 2 aromatic heterocycles. The Morgan fingerprint density at radius 2 is 2.37 bits per heavy atom. The molecule has 0 spiro atoms. The maximum absolute atomic E-state index is 12.3. The molecule has 19 heavy (non-hydrogen) atoms. The van der Waals surface area contributed by atoms with E-state index in [-0.39, 0.29) is 5.91 Å². The number of anilines is 1. The minimum atomic E-state index is 0.0279. The quantitative estimate of drug-likeness (QED) is 0.785. The Kier molecular flexibility index (Phi) is 3.42. The number of hydrogen-bond acceptors (Lipinski definition) is 3.